The van der Waals surface area contributed by atoms with Gasteiger partial charge in [-0.3, -0.25) is 0 Å². The molecule has 4 heteroatoms. The van der Waals surface area contributed by atoms with E-state index in [0.29, 0.717) is 25.4 Å². The van der Waals surface area contributed by atoms with E-state index in [1.54, 1.807) is 6.92 Å². The Morgan fingerprint density at radius 1 is 1.13 bits per heavy atom. The van der Waals surface area contributed by atoms with Gasteiger partial charge < -0.3 is 14.2 Å². The molecule has 0 saturated heterocycles. The van der Waals surface area contributed by atoms with Crippen molar-refractivity contribution in [2.75, 3.05) is 33.0 Å². The van der Waals surface area contributed by atoms with Gasteiger partial charge in [0.1, 0.15) is 6.61 Å². The zero-order valence-electron chi connectivity index (χ0n) is 9.58. The van der Waals surface area contributed by atoms with Crippen LogP contribution in [-0.2, 0) is 19.0 Å². The first kappa shape index (κ1) is 14.1. The van der Waals surface area contributed by atoms with Crippen LogP contribution in [0.25, 0.3) is 0 Å². The van der Waals surface area contributed by atoms with Gasteiger partial charge in [0.15, 0.2) is 0 Å². The SMILES string of the molecule is C=C(C)C(=O)OCCOCCCOCC. The first-order valence-electron chi connectivity index (χ1n) is 5.16. The van der Waals surface area contributed by atoms with Gasteiger partial charge in [0.25, 0.3) is 0 Å². The minimum absolute atomic E-state index is 0.278. The average molecular weight is 216 g/mol. The summed E-state index contributed by atoms with van der Waals surface area (Å²) in [6.07, 6.45) is 0.863. The highest BCUT2D eigenvalue weighted by Gasteiger charge is 2.01. The summed E-state index contributed by atoms with van der Waals surface area (Å²) in [6.45, 7) is 9.82. The van der Waals surface area contributed by atoms with Crippen molar-refractivity contribution in [1.29, 1.82) is 0 Å². The predicted octanol–water partition coefficient (Wildman–Crippen LogP) is 1.55. The molecule has 4 nitrogen and oxygen atoms in total. The van der Waals surface area contributed by atoms with Crippen LogP contribution >= 0.6 is 0 Å². The Bertz CT molecular complexity index is 189. The van der Waals surface area contributed by atoms with Crippen molar-refractivity contribution >= 4 is 5.97 Å². The summed E-state index contributed by atoms with van der Waals surface area (Å²) in [5, 5.41) is 0. The summed E-state index contributed by atoms with van der Waals surface area (Å²) in [6, 6.07) is 0. The van der Waals surface area contributed by atoms with E-state index >= 15 is 0 Å². The van der Waals surface area contributed by atoms with Gasteiger partial charge in [-0.25, -0.2) is 4.79 Å². The van der Waals surface area contributed by atoms with Crippen LogP contribution in [0.15, 0.2) is 12.2 Å². The fourth-order valence-electron chi connectivity index (χ4n) is 0.826. The summed E-state index contributed by atoms with van der Waals surface area (Å²) in [5.41, 5.74) is 0.409. The van der Waals surface area contributed by atoms with Gasteiger partial charge in [0, 0.05) is 25.4 Å². The minimum Gasteiger partial charge on any atom is -0.460 e. The fraction of sp³-hybridized carbons (Fsp3) is 0.727. The van der Waals surface area contributed by atoms with Gasteiger partial charge in [-0.2, -0.15) is 0 Å². The van der Waals surface area contributed by atoms with Crippen LogP contribution in [0.5, 0.6) is 0 Å². The first-order chi connectivity index (χ1) is 7.18. The molecule has 0 heterocycles. The molecule has 0 atom stereocenters. The Morgan fingerprint density at radius 3 is 2.40 bits per heavy atom. The molecule has 0 spiro atoms. The van der Waals surface area contributed by atoms with E-state index in [1.807, 2.05) is 6.92 Å². The second-order valence-electron chi connectivity index (χ2n) is 3.08. The van der Waals surface area contributed by atoms with Gasteiger partial charge in [-0.05, 0) is 20.3 Å². The Morgan fingerprint density at radius 2 is 1.80 bits per heavy atom. The minimum atomic E-state index is -0.368. The molecule has 0 fully saturated rings. The fourth-order valence-corrected chi connectivity index (χ4v) is 0.826. The second-order valence-corrected chi connectivity index (χ2v) is 3.08. The van der Waals surface area contributed by atoms with E-state index in [4.69, 9.17) is 14.2 Å². The highest BCUT2D eigenvalue weighted by molar-refractivity contribution is 5.86. The summed E-state index contributed by atoms with van der Waals surface area (Å²) < 4.78 is 15.2. The van der Waals surface area contributed by atoms with Crippen molar-refractivity contribution in [3.05, 3.63) is 12.2 Å². The summed E-state index contributed by atoms with van der Waals surface area (Å²) >= 11 is 0. The van der Waals surface area contributed by atoms with Crippen LogP contribution in [0.4, 0.5) is 0 Å². The van der Waals surface area contributed by atoms with Crippen LogP contribution in [0.3, 0.4) is 0 Å². The summed E-state index contributed by atoms with van der Waals surface area (Å²) in [7, 11) is 0. The van der Waals surface area contributed by atoms with Crippen LogP contribution in [-0.4, -0.2) is 39.0 Å². The van der Waals surface area contributed by atoms with E-state index < -0.39 is 0 Å². The molecule has 0 amide bonds. The molecule has 0 rings (SSSR count). The Kier molecular flexibility index (Phi) is 9.11. The zero-order valence-corrected chi connectivity index (χ0v) is 9.58. The molecular weight excluding hydrogens is 196 g/mol. The molecule has 0 aromatic heterocycles. The summed E-state index contributed by atoms with van der Waals surface area (Å²) in [4.78, 5) is 10.9. The van der Waals surface area contributed by atoms with Gasteiger partial charge in [-0.1, -0.05) is 6.58 Å². The highest BCUT2D eigenvalue weighted by atomic mass is 16.6. The first-order valence-corrected chi connectivity index (χ1v) is 5.16. The molecule has 88 valence electrons. The van der Waals surface area contributed by atoms with E-state index in [2.05, 4.69) is 6.58 Å². The van der Waals surface area contributed by atoms with E-state index in [9.17, 15) is 4.79 Å². The maximum Gasteiger partial charge on any atom is 0.333 e. The quantitative estimate of drug-likeness (QED) is 0.333. The highest BCUT2D eigenvalue weighted by Crippen LogP contribution is 1.92. The molecule has 0 aromatic rings. The monoisotopic (exact) mass is 216 g/mol. The number of ether oxygens (including phenoxy) is 3. The van der Waals surface area contributed by atoms with E-state index in [-0.39, 0.29) is 12.6 Å². The molecule has 0 unspecified atom stereocenters. The Hall–Kier alpha value is -0.870. The Balaban J connectivity index is 3.11. The van der Waals surface area contributed by atoms with Crippen LogP contribution < -0.4 is 0 Å². The molecule has 0 radical (unpaired) electrons. The Labute approximate surface area is 91.2 Å². The largest absolute Gasteiger partial charge is 0.460 e. The number of hydrogen-bond donors (Lipinski definition) is 0. The molecule has 15 heavy (non-hydrogen) atoms. The molecule has 0 aliphatic rings. The lowest BCUT2D eigenvalue weighted by Gasteiger charge is -2.05. The molecular formula is C11H20O4. The van der Waals surface area contributed by atoms with Gasteiger partial charge in [0.05, 0.1) is 6.61 Å². The zero-order chi connectivity index (χ0) is 11.5. The van der Waals surface area contributed by atoms with E-state index in [1.165, 1.54) is 0 Å². The van der Waals surface area contributed by atoms with Crippen molar-refractivity contribution in [2.45, 2.75) is 20.3 Å². The third-order valence-corrected chi connectivity index (χ3v) is 1.59. The normalized spacial score (nSPS) is 10.0. The molecule has 0 aliphatic heterocycles. The molecule has 0 aromatic carbocycles. The van der Waals surface area contributed by atoms with Crippen molar-refractivity contribution in [3.8, 4) is 0 Å². The van der Waals surface area contributed by atoms with Gasteiger partial charge in [0.2, 0.25) is 0 Å². The van der Waals surface area contributed by atoms with E-state index in [0.717, 1.165) is 13.0 Å². The standard InChI is InChI=1S/C11H20O4/c1-4-13-6-5-7-14-8-9-15-11(12)10(2)3/h2,4-9H2,1,3H3. The van der Waals surface area contributed by atoms with Crippen molar-refractivity contribution in [3.63, 3.8) is 0 Å². The molecule has 0 aliphatic carbocycles. The maximum atomic E-state index is 10.9. The smallest absolute Gasteiger partial charge is 0.333 e. The number of esters is 1. The number of hydrogen-bond acceptors (Lipinski definition) is 4. The van der Waals surface area contributed by atoms with Crippen LogP contribution in [0, 0.1) is 0 Å². The molecule has 0 saturated carbocycles. The second kappa shape index (κ2) is 9.68. The van der Waals surface area contributed by atoms with Gasteiger partial charge >= 0.3 is 5.97 Å². The number of rotatable bonds is 9. The van der Waals surface area contributed by atoms with Crippen molar-refractivity contribution in [1.82, 2.24) is 0 Å². The van der Waals surface area contributed by atoms with Gasteiger partial charge in [-0.15, -0.1) is 0 Å². The topological polar surface area (TPSA) is 44.8 Å². The lowest BCUT2D eigenvalue weighted by molar-refractivity contribution is -0.140. The maximum absolute atomic E-state index is 10.9. The van der Waals surface area contributed by atoms with Crippen LogP contribution in [0.2, 0.25) is 0 Å². The summed E-state index contributed by atoms with van der Waals surface area (Å²) in [5.74, 6) is -0.368. The lowest BCUT2D eigenvalue weighted by atomic mass is 10.4. The number of carbonyl (C=O) groups excluding carboxylic acids is 1. The van der Waals surface area contributed by atoms with Crippen molar-refractivity contribution in [2.24, 2.45) is 0 Å². The number of carbonyl (C=O) groups is 1. The van der Waals surface area contributed by atoms with Crippen LogP contribution in [0.1, 0.15) is 20.3 Å². The predicted molar refractivity (Wildman–Crippen MR) is 57.7 cm³/mol. The average Bonchev–Trinajstić information content (AvgIpc) is 2.21. The van der Waals surface area contributed by atoms with Crippen molar-refractivity contribution < 1.29 is 19.0 Å². The lowest BCUT2D eigenvalue weighted by Crippen LogP contribution is -2.11. The third kappa shape index (κ3) is 9.43. The third-order valence-electron chi connectivity index (χ3n) is 1.59. The molecule has 0 bridgehead atoms. The molecule has 0 N–H and O–H groups in total.